The molecule has 242 valence electrons. The molecule has 5 aromatic rings. The molecule has 8 rings (SSSR count). The normalized spacial score (nSPS) is 24.1. The van der Waals surface area contributed by atoms with Gasteiger partial charge in [-0.1, -0.05) is 108 Å². The number of rotatable bonds is 7. The quantitative estimate of drug-likeness (QED) is 0.162. The van der Waals surface area contributed by atoms with Gasteiger partial charge in [-0.2, -0.15) is 0 Å². The van der Waals surface area contributed by atoms with E-state index in [1.54, 1.807) is 26.4 Å². The molecule has 1 heterocycles. The molecule has 0 radical (unpaired) electrons. The molecule has 1 saturated heterocycles. The molecule has 2 fully saturated rings. The van der Waals surface area contributed by atoms with Crippen LogP contribution in [0.3, 0.4) is 0 Å². The van der Waals surface area contributed by atoms with Crippen molar-refractivity contribution in [1.29, 1.82) is 0 Å². The van der Waals surface area contributed by atoms with Crippen molar-refractivity contribution in [3.63, 3.8) is 0 Å². The first-order valence-corrected chi connectivity index (χ1v) is 16.6. The molecule has 8 heteroatoms. The molecule has 0 unspecified atom stereocenters. The number of nitrogens with zero attached hydrogens (tertiary/aromatic N) is 1. The van der Waals surface area contributed by atoms with Gasteiger partial charge in [-0.3, -0.25) is 14.4 Å². The first kappa shape index (κ1) is 31.1. The molecule has 1 saturated carbocycles. The number of allylic oxidation sites excluding steroid dienone is 2. The Balaban J connectivity index is 1.54. The van der Waals surface area contributed by atoms with Crippen LogP contribution in [0.4, 0.5) is 5.69 Å². The van der Waals surface area contributed by atoms with Gasteiger partial charge in [0.15, 0.2) is 5.78 Å². The summed E-state index contributed by atoms with van der Waals surface area (Å²) >= 11 is 12.7. The van der Waals surface area contributed by atoms with E-state index in [1.165, 1.54) is 11.0 Å². The van der Waals surface area contributed by atoms with Gasteiger partial charge in [0.2, 0.25) is 11.8 Å². The summed E-state index contributed by atoms with van der Waals surface area (Å²) in [4.78, 5) is 47.4. The Bertz CT molecular complexity index is 2050. The van der Waals surface area contributed by atoms with Gasteiger partial charge in [0.1, 0.15) is 11.5 Å². The Morgan fingerprint density at radius 1 is 0.551 bits per heavy atom. The number of hydrogen-bond acceptors (Lipinski definition) is 5. The second kappa shape index (κ2) is 11.5. The highest BCUT2D eigenvalue weighted by atomic mass is 35.5. The van der Waals surface area contributed by atoms with Crippen LogP contribution in [0.1, 0.15) is 22.3 Å². The smallest absolute Gasteiger partial charge is 0.239 e. The van der Waals surface area contributed by atoms with E-state index < -0.39 is 34.5 Å². The number of halogens is 2. The second-order valence-electron chi connectivity index (χ2n) is 12.4. The predicted molar refractivity (Wildman–Crippen MR) is 190 cm³/mol. The average Bonchev–Trinajstić information content (AvgIpc) is 3.65. The largest absolute Gasteiger partial charge is 0.497 e. The molecule has 2 aliphatic carbocycles. The average molecular weight is 687 g/mol. The van der Waals surface area contributed by atoms with Crippen LogP contribution in [-0.4, -0.2) is 31.8 Å². The third-order valence-corrected chi connectivity index (χ3v) is 11.1. The molecule has 0 aromatic heterocycles. The number of benzene rings is 5. The van der Waals surface area contributed by atoms with Crippen LogP contribution in [0.5, 0.6) is 11.5 Å². The van der Waals surface area contributed by atoms with Crippen LogP contribution in [0.2, 0.25) is 10.0 Å². The third kappa shape index (κ3) is 4.11. The molecule has 2 bridgehead atoms. The minimum Gasteiger partial charge on any atom is -0.497 e. The standard InChI is InChI=1S/C41H29Cl2NO5/c1-48-29-18-13-24(14-19-29)33-34(25-15-20-30(49-2)21-16-25)41(27-11-7-4-8-12-27)36-35(40(33,39(41)47)26-9-5-3-6-10-26)37(45)44(38(36)46)28-17-22-31(42)32(43)23-28/h3-23,35-36H,1-2H3/t35-,36-,40+,41+/m0/s1. The maximum atomic E-state index is 16.0. The van der Waals surface area contributed by atoms with E-state index in [0.29, 0.717) is 44.5 Å². The zero-order valence-electron chi connectivity index (χ0n) is 26.5. The number of carbonyl (C=O) groups is 3. The van der Waals surface area contributed by atoms with Crippen LogP contribution in [0, 0.1) is 11.8 Å². The van der Waals surface area contributed by atoms with Gasteiger partial charge >= 0.3 is 0 Å². The molecule has 0 N–H and O–H groups in total. The predicted octanol–water partition coefficient (Wildman–Crippen LogP) is 8.20. The number of amides is 2. The van der Waals surface area contributed by atoms with Crippen LogP contribution in [0.15, 0.2) is 127 Å². The number of anilines is 1. The van der Waals surface area contributed by atoms with Crippen molar-refractivity contribution < 1.29 is 23.9 Å². The molecule has 49 heavy (non-hydrogen) atoms. The molecule has 6 nitrogen and oxygen atoms in total. The lowest BCUT2D eigenvalue weighted by atomic mass is 9.59. The second-order valence-corrected chi connectivity index (χ2v) is 13.3. The fraction of sp³-hybridized carbons (Fsp3) is 0.146. The summed E-state index contributed by atoms with van der Waals surface area (Å²) in [6, 6.07) is 38.5. The summed E-state index contributed by atoms with van der Waals surface area (Å²) in [5.74, 6) is -1.99. The summed E-state index contributed by atoms with van der Waals surface area (Å²) in [5, 5.41) is 0.508. The number of ketones is 1. The van der Waals surface area contributed by atoms with E-state index in [-0.39, 0.29) is 10.8 Å². The van der Waals surface area contributed by atoms with Crippen LogP contribution in [-0.2, 0) is 25.2 Å². The van der Waals surface area contributed by atoms with E-state index >= 15 is 14.4 Å². The molecule has 1 aliphatic heterocycles. The highest BCUT2D eigenvalue weighted by molar-refractivity contribution is 6.43. The Hall–Kier alpha value is -5.17. The van der Waals surface area contributed by atoms with Gasteiger partial charge in [-0.15, -0.1) is 0 Å². The van der Waals surface area contributed by atoms with Gasteiger partial charge in [0.05, 0.1) is 52.6 Å². The summed E-state index contributed by atoms with van der Waals surface area (Å²) < 4.78 is 11.0. The van der Waals surface area contributed by atoms with Crippen molar-refractivity contribution in [2.45, 2.75) is 10.8 Å². The Morgan fingerprint density at radius 3 is 1.37 bits per heavy atom. The molecule has 4 atom stereocenters. The molecule has 2 amide bonds. The minimum atomic E-state index is -1.54. The maximum Gasteiger partial charge on any atom is 0.239 e. The Morgan fingerprint density at radius 2 is 0.980 bits per heavy atom. The highest BCUT2D eigenvalue weighted by Gasteiger charge is 2.82. The van der Waals surface area contributed by atoms with Crippen LogP contribution in [0.25, 0.3) is 11.1 Å². The van der Waals surface area contributed by atoms with Crippen molar-refractivity contribution in [2.75, 3.05) is 19.1 Å². The van der Waals surface area contributed by atoms with Crippen molar-refractivity contribution in [3.05, 3.63) is 160 Å². The number of Topliss-reactive ketones (excluding diaryl/α,β-unsaturated/α-hetero) is 1. The fourth-order valence-corrected chi connectivity index (χ4v) is 8.81. The van der Waals surface area contributed by atoms with E-state index in [4.69, 9.17) is 32.7 Å². The Labute approximate surface area is 293 Å². The fourth-order valence-electron chi connectivity index (χ4n) is 8.52. The number of fused-ring (bicyclic) bond motifs is 5. The van der Waals surface area contributed by atoms with Crippen LogP contribution < -0.4 is 14.4 Å². The summed E-state index contributed by atoms with van der Waals surface area (Å²) in [7, 11) is 3.19. The molecule has 0 spiro atoms. The topological polar surface area (TPSA) is 72.9 Å². The summed E-state index contributed by atoms with van der Waals surface area (Å²) in [6.07, 6.45) is 0. The number of ether oxygens (including phenoxy) is 2. The minimum absolute atomic E-state index is 0.209. The lowest BCUT2D eigenvalue weighted by Crippen LogP contribution is -2.45. The SMILES string of the molecule is COc1ccc(C2=C(c3ccc(OC)cc3)[C@@]3(c4ccccc4)C(=O)[C@@]2(c2ccccc2)[C@@H]2C(=O)N(c4ccc(Cl)c(Cl)c4)C(=O)[C@H]23)cc1. The van der Waals surface area contributed by atoms with Crippen molar-refractivity contribution in [3.8, 4) is 11.5 Å². The summed E-state index contributed by atoms with van der Waals surface area (Å²) in [6.45, 7) is 0. The first-order chi connectivity index (χ1) is 23.8. The zero-order valence-corrected chi connectivity index (χ0v) is 28.0. The van der Waals surface area contributed by atoms with Gasteiger partial charge in [0, 0.05) is 0 Å². The molecular formula is C41H29Cl2NO5. The van der Waals surface area contributed by atoms with Gasteiger partial charge < -0.3 is 9.47 Å². The molecule has 5 aromatic carbocycles. The van der Waals surface area contributed by atoms with Gasteiger partial charge in [-0.25, -0.2) is 4.90 Å². The number of imide groups is 1. The van der Waals surface area contributed by atoms with E-state index in [1.807, 2.05) is 109 Å². The van der Waals surface area contributed by atoms with Crippen molar-refractivity contribution in [2.24, 2.45) is 11.8 Å². The third-order valence-electron chi connectivity index (χ3n) is 10.4. The van der Waals surface area contributed by atoms with E-state index in [2.05, 4.69) is 0 Å². The van der Waals surface area contributed by atoms with Gasteiger partial charge in [0.25, 0.3) is 0 Å². The van der Waals surface area contributed by atoms with Crippen molar-refractivity contribution in [1.82, 2.24) is 0 Å². The highest BCUT2D eigenvalue weighted by Crippen LogP contribution is 2.74. The Kier molecular flexibility index (Phi) is 7.28. The zero-order chi connectivity index (χ0) is 34.1. The number of carbonyl (C=O) groups excluding carboxylic acids is 3. The molecule has 3 aliphatic rings. The molecular weight excluding hydrogens is 657 g/mol. The van der Waals surface area contributed by atoms with E-state index in [0.717, 1.165) is 11.1 Å². The van der Waals surface area contributed by atoms with Crippen LogP contribution >= 0.6 is 23.2 Å². The van der Waals surface area contributed by atoms with E-state index in [9.17, 15) is 0 Å². The monoisotopic (exact) mass is 685 g/mol. The summed E-state index contributed by atoms with van der Waals surface area (Å²) in [5.41, 5.74) is 1.35. The number of hydrogen-bond donors (Lipinski definition) is 0. The lowest BCUT2D eigenvalue weighted by Gasteiger charge is -2.39. The maximum absolute atomic E-state index is 16.0. The number of methoxy groups -OCH3 is 2. The van der Waals surface area contributed by atoms with Gasteiger partial charge in [-0.05, 0) is 75.9 Å². The first-order valence-electron chi connectivity index (χ1n) is 15.8. The lowest BCUT2D eigenvalue weighted by molar-refractivity contribution is -0.130. The van der Waals surface area contributed by atoms with Crippen molar-refractivity contribution >= 4 is 57.6 Å².